The molecule has 7 heteroatoms. The van der Waals surface area contributed by atoms with Gasteiger partial charge in [-0.1, -0.05) is 36.4 Å². The number of hydrogen-bond donors (Lipinski definition) is 5. The van der Waals surface area contributed by atoms with Crippen molar-refractivity contribution in [2.75, 3.05) is 0 Å². The molecule has 1 amide bonds. The minimum Gasteiger partial charge on any atom is -0.508 e. The van der Waals surface area contributed by atoms with Gasteiger partial charge in [-0.05, 0) is 35.2 Å². The molecule has 0 aliphatic carbocycles. The van der Waals surface area contributed by atoms with Crippen molar-refractivity contribution in [3.63, 3.8) is 0 Å². The highest BCUT2D eigenvalue weighted by Crippen LogP contribution is 2.11. The number of phenolic OH excluding ortho intramolecular Hbond substituents is 1. The van der Waals surface area contributed by atoms with Gasteiger partial charge in [0, 0.05) is 13.5 Å². The highest BCUT2D eigenvalue weighted by molar-refractivity contribution is 5.81. The van der Waals surface area contributed by atoms with Crippen LogP contribution in [0.5, 0.6) is 5.75 Å². The molecular weight excluding hydrogens is 336 g/mol. The molecule has 7 nitrogen and oxygen atoms in total. The second kappa shape index (κ2) is 10.9. The van der Waals surface area contributed by atoms with E-state index in [1.54, 1.807) is 24.3 Å². The fraction of sp³-hybridized carbons (Fsp3) is 0.263. The number of hydrogen-bond acceptors (Lipinski definition) is 5. The van der Waals surface area contributed by atoms with Gasteiger partial charge in [-0.15, -0.1) is 0 Å². The molecule has 2 aromatic rings. The number of aliphatic hydroxyl groups excluding tert-OH is 1. The number of amides is 1. The number of benzene rings is 2. The summed E-state index contributed by atoms with van der Waals surface area (Å²) >= 11 is 0. The van der Waals surface area contributed by atoms with Crippen LogP contribution in [0.2, 0.25) is 0 Å². The van der Waals surface area contributed by atoms with Gasteiger partial charge < -0.3 is 26.4 Å². The van der Waals surface area contributed by atoms with Crippen LogP contribution in [0.3, 0.4) is 0 Å². The van der Waals surface area contributed by atoms with Crippen LogP contribution in [0.15, 0.2) is 48.5 Å². The minimum atomic E-state index is -0.833. The van der Waals surface area contributed by atoms with Crippen LogP contribution in [0.25, 0.3) is 0 Å². The molecular formula is C19H24N2O5. The lowest BCUT2D eigenvalue weighted by molar-refractivity contribution is -0.134. The standard InChI is InChI=1S/C17H20N2O3.C2H4O2/c18-16(9-12-4-6-15(21)7-5-12)17(22)19-10-13-2-1-3-14(8-13)11-20;1-2(3)4/h1-8,16,20-21H,9-11,18H2,(H,19,22);1H3,(H,3,4)/t16-;/m0./s1. The Balaban J connectivity index is 0.000000765. The molecule has 0 unspecified atom stereocenters. The van der Waals surface area contributed by atoms with Gasteiger partial charge in [0.2, 0.25) is 5.91 Å². The minimum absolute atomic E-state index is 0.0256. The molecule has 26 heavy (non-hydrogen) atoms. The topological polar surface area (TPSA) is 133 Å². The maximum atomic E-state index is 12.0. The third-order valence-corrected chi connectivity index (χ3v) is 3.37. The second-order valence-corrected chi connectivity index (χ2v) is 5.69. The first-order chi connectivity index (χ1) is 12.3. The molecule has 2 rings (SSSR count). The van der Waals surface area contributed by atoms with E-state index in [1.807, 2.05) is 24.3 Å². The smallest absolute Gasteiger partial charge is 0.300 e. The van der Waals surface area contributed by atoms with Crippen LogP contribution in [0.4, 0.5) is 0 Å². The van der Waals surface area contributed by atoms with Crippen molar-refractivity contribution in [1.82, 2.24) is 5.32 Å². The van der Waals surface area contributed by atoms with Gasteiger partial charge >= 0.3 is 0 Å². The van der Waals surface area contributed by atoms with Crippen LogP contribution >= 0.6 is 0 Å². The number of nitrogens with two attached hydrogens (primary N) is 1. The number of phenols is 1. The molecule has 0 aliphatic heterocycles. The number of aliphatic hydroxyl groups is 1. The third-order valence-electron chi connectivity index (χ3n) is 3.37. The molecule has 6 N–H and O–H groups in total. The van der Waals surface area contributed by atoms with Gasteiger partial charge in [-0.2, -0.15) is 0 Å². The van der Waals surface area contributed by atoms with E-state index in [0.29, 0.717) is 13.0 Å². The Hall–Kier alpha value is -2.90. The maximum absolute atomic E-state index is 12.0. The van der Waals surface area contributed by atoms with Crippen molar-refractivity contribution >= 4 is 11.9 Å². The van der Waals surface area contributed by atoms with Gasteiger partial charge in [0.05, 0.1) is 12.6 Å². The predicted octanol–water partition coefficient (Wildman–Crippen LogP) is 1.16. The number of aromatic hydroxyl groups is 1. The number of carboxylic acids is 1. The highest BCUT2D eigenvalue weighted by atomic mass is 16.4. The molecule has 0 aromatic heterocycles. The van der Waals surface area contributed by atoms with Crippen LogP contribution in [0.1, 0.15) is 23.6 Å². The lowest BCUT2D eigenvalue weighted by atomic mass is 10.1. The SMILES string of the molecule is CC(=O)O.N[C@@H](Cc1ccc(O)cc1)C(=O)NCc1cccc(CO)c1. The van der Waals surface area contributed by atoms with Crippen LogP contribution in [-0.4, -0.2) is 33.2 Å². The Morgan fingerprint density at radius 3 is 2.23 bits per heavy atom. The summed E-state index contributed by atoms with van der Waals surface area (Å²) in [5.74, 6) is -0.881. The molecule has 0 heterocycles. The van der Waals surface area contributed by atoms with Gasteiger partial charge in [-0.3, -0.25) is 9.59 Å². The van der Waals surface area contributed by atoms with E-state index in [0.717, 1.165) is 23.6 Å². The largest absolute Gasteiger partial charge is 0.508 e. The zero-order valence-corrected chi connectivity index (χ0v) is 14.6. The summed E-state index contributed by atoms with van der Waals surface area (Å²) in [7, 11) is 0. The fourth-order valence-electron chi connectivity index (χ4n) is 2.14. The summed E-state index contributed by atoms with van der Waals surface area (Å²) in [6.45, 7) is 1.43. The van der Waals surface area contributed by atoms with E-state index in [9.17, 15) is 9.90 Å². The number of rotatable bonds is 6. The first-order valence-corrected chi connectivity index (χ1v) is 8.01. The lowest BCUT2D eigenvalue weighted by Crippen LogP contribution is -2.41. The Labute approximate surface area is 152 Å². The highest BCUT2D eigenvalue weighted by Gasteiger charge is 2.13. The van der Waals surface area contributed by atoms with E-state index in [4.69, 9.17) is 20.7 Å². The van der Waals surface area contributed by atoms with Crippen molar-refractivity contribution in [2.45, 2.75) is 32.5 Å². The van der Waals surface area contributed by atoms with Crippen molar-refractivity contribution < 1.29 is 24.9 Å². The summed E-state index contributed by atoms with van der Waals surface area (Å²) in [6.07, 6.45) is 0.406. The number of carbonyl (C=O) groups excluding carboxylic acids is 1. The summed E-state index contributed by atoms with van der Waals surface area (Å²) < 4.78 is 0. The molecule has 0 radical (unpaired) electrons. The quantitative estimate of drug-likeness (QED) is 0.525. The number of aliphatic carboxylic acids is 1. The second-order valence-electron chi connectivity index (χ2n) is 5.69. The van der Waals surface area contributed by atoms with Crippen LogP contribution in [0, 0.1) is 0 Å². The summed E-state index contributed by atoms with van der Waals surface area (Å²) in [5, 5.41) is 28.5. The van der Waals surface area contributed by atoms with E-state index in [2.05, 4.69) is 5.32 Å². The first kappa shape index (κ1) is 21.1. The molecule has 1 atom stereocenters. The molecule has 0 bridgehead atoms. The lowest BCUT2D eigenvalue weighted by Gasteiger charge is -2.13. The number of nitrogens with one attached hydrogen (secondary N) is 1. The van der Waals surface area contributed by atoms with Gasteiger partial charge in [0.1, 0.15) is 5.75 Å². The number of carbonyl (C=O) groups is 2. The van der Waals surface area contributed by atoms with Gasteiger partial charge in [0.25, 0.3) is 5.97 Å². The third kappa shape index (κ3) is 8.27. The molecule has 140 valence electrons. The van der Waals surface area contributed by atoms with Crippen molar-refractivity contribution in [2.24, 2.45) is 5.73 Å². The Kier molecular flexibility index (Phi) is 8.83. The van der Waals surface area contributed by atoms with Gasteiger partial charge in [-0.25, -0.2) is 0 Å². The molecule has 0 aliphatic rings. The predicted molar refractivity (Wildman–Crippen MR) is 97.3 cm³/mol. The summed E-state index contributed by atoms with van der Waals surface area (Å²) in [5.41, 5.74) is 8.50. The molecule has 0 saturated carbocycles. The number of carboxylic acid groups (broad SMARTS) is 1. The van der Waals surface area contributed by atoms with E-state index >= 15 is 0 Å². The first-order valence-electron chi connectivity index (χ1n) is 8.01. The van der Waals surface area contributed by atoms with Crippen LogP contribution < -0.4 is 11.1 Å². The Bertz CT molecular complexity index is 712. The summed E-state index contributed by atoms with van der Waals surface area (Å²) in [6, 6.07) is 13.4. The average molecular weight is 360 g/mol. The van der Waals surface area contributed by atoms with E-state index < -0.39 is 12.0 Å². The molecule has 0 saturated heterocycles. The van der Waals surface area contributed by atoms with Crippen molar-refractivity contribution in [3.8, 4) is 5.75 Å². The molecule has 2 aromatic carbocycles. The zero-order chi connectivity index (χ0) is 19.5. The Morgan fingerprint density at radius 2 is 1.65 bits per heavy atom. The van der Waals surface area contributed by atoms with Gasteiger partial charge in [0.15, 0.2) is 0 Å². The van der Waals surface area contributed by atoms with E-state index in [-0.39, 0.29) is 18.3 Å². The average Bonchev–Trinajstić information content (AvgIpc) is 2.61. The van der Waals surface area contributed by atoms with Crippen molar-refractivity contribution in [1.29, 1.82) is 0 Å². The monoisotopic (exact) mass is 360 g/mol. The fourth-order valence-corrected chi connectivity index (χ4v) is 2.14. The van der Waals surface area contributed by atoms with Crippen molar-refractivity contribution in [3.05, 3.63) is 65.2 Å². The van der Waals surface area contributed by atoms with Crippen LogP contribution in [-0.2, 0) is 29.2 Å². The normalized spacial score (nSPS) is 11.0. The molecule has 0 spiro atoms. The maximum Gasteiger partial charge on any atom is 0.300 e. The van der Waals surface area contributed by atoms with E-state index in [1.165, 1.54) is 0 Å². The summed E-state index contributed by atoms with van der Waals surface area (Å²) in [4.78, 5) is 21.0. The molecule has 0 fully saturated rings. The Morgan fingerprint density at radius 1 is 1.08 bits per heavy atom. The zero-order valence-electron chi connectivity index (χ0n) is 14.6.